The number of H-pyrrole nitrogens is 1. The third-order valence-corrected chi connectivity index (χ3v) is 4.00. The molecule has 1 aromatic carbocycles. The highest BCUT2D eigenvalue weighted by Gasteiger charge is 2.31. The first-order chi connectivity index (χ1) is 8.66. The van der Waals surface area contributed by atoms with Crippen molar-refractivity contribution in [3.05, 3.63) is 28.4 Å². The van der Waals surface area contributed by atoms with Gasteiger partial charge < -0.3 is 10.4 Å². The van der Waals surface area contributed by atoms with E-state index < -0.39 is 5.97 Å². The van der Waals surface area contributed by atoms with Gasteiger partial charge in [-0.2, -0.15) is 5.10 Å². The van der Waals surface area contributed by atoms with Crippen molar-refractivity contribution < 1.29 is 9.90 Å². The molecule has 1 aliphatic heterocycles. The van der Waals surface area contributed by atoms with Crippen molar-refractivity contribution in [2.45, 2.75) is 12.5 Å². The lowest BCUT2D eigenvalue weighted by Gasteiger charge is -2.11. The number of rotatable bonds is 2. The Hall–Kier alpha value is -1.40. The lowest BCUT2D eigenvalue weighted by molar-refractivity contribution is -0.141. The largest absolute Gasteiger partial charge is 0.481 e. The number of aliphatic carboxylic acids is 1. The summed E-state index contributed by atoms with van der Waals surface area (Å²) in [5, 5.41) is 20.4. The van der Waals surface area contributed by atoms with Gasteiger partial charge in [0.15, 0.2) is 0 Å². The second kappa shape index (κ2) is 4.37. The Morgan fingerprint density at radius 1 is 1.50 bits per heavy atom. The second-order valence-electron chi connectivity index (χ2n) is 4.51. The summed E-state index contributed by atoms with van der Waals surface area (Å²) in [7, 11) is 0. The van der Waals surface area contributed by atoms with Gasteiger partial charge in [0.2, 0.25) is 0 Å². The molecule has 0 aliphatic carbocycles. The van der Waals surface area contributed by atoms with E-state index in [9.17, 15) is 4.79 Å². The summed E-state index contributed by atoms with van der Waals surface area (Å²) < 4.78 is 0.841. The number of hydrogen-bond acceptors (Lipinski definition) is 3. The number of carboxylic acids is 1. The number of carbonyl (C=O) groups is 1. The van der Waals surface area contributed by atoms with Gasteiger partial charge in [-0.1, -0.05) is 12.1 Å². The first-order valence-corrected chi connectivity index (χ1v) is 6.55. The standard InChI is InChI=1S/C12H12BrN3O2/c13-11-10-7(2-1-3-8(10)15-16-11)9-4-6(5-14-9)12(17)18/h1-3,6,9,14H,4-5H2,(H,15,16)(H,17,18). The molecule has 2 atom stereocenters. The van der Waals surface area contributed by atoms with E-state index in [0.29, 0.717) is 13.0 Å². The summed E-state index contributed by atoms with van der Waals surface area (Å²) in [6.45, 7) is 0.520. The molecule has 1 fully saturated rings. The van der Waals surface area contributed by atoms with E-state index in [1.807, 2.05) is 18.2 Å². The normalized spacial score (nSPS) is 23.6. The van der Waals surface area contributed by atoms with Gasteiger partial charge in [-0.15, -0.1) is 0 Å². The lowest BCUT2D eigenvalue weighted by Crippen LogP contribution is -2.17. The molecule has 3 N–H and O–H groups in total. The first kappa shape index (κ1) is 11.7. The predicted molar refractivity (Wildman–Crippen MR) is 70.3 cm³/mol. The maximum Gasteiger partial charge on any atom is 0.307 e. The zero-order valence-electron chi connectivity index (χ0n) is 9.48. The molecular weight excluding hydrogens is 298 g/mol. The molecule has 2 heterocycles. The Morgan fingerprint density at radius 3 is 3.06 bits per heavy atom. The van der Waals surface area contributed by atoms with Gasteiger partial charge in [0.05, 0.1) is 11.4 Å². The molecule has 2 aromatic rings. The Morgan fingerprint density at radius 2 is 2.33 bits per heavy atom. The van der Waals surface area contributed by atoms with E-state index in [1.165, 1.54) is 0 Å². The molecule has 94 valence electrons. The minimum Gasteiger partial charge on any atom is -0.481 e. The van der Waals surface area contributed by atoms with Crippen molar-refractivity contribution in [2.75, 3.05) is 6.54 Å². The first-order valence-electron chi connectivity index (χ1n) is 5.75. The van der Waals surface area contributed by atoms with Crippen LogP contribution >= 0.6 is 15.9 Å². The van der Waals surface area contributed by atoms with Crippen LogP contribution in [0.25, 0.3) is 10.9 Å². The van der Waals surface area contributed by atoms with Crippen LogP contribution in [0.15, 0.2) is 22.8 Å². The molecule has 2 unspecified atom stereocenters. The van der Waals surface area contributed by atoms with E-state index in [2.05, 4.69) is 31.4 Å². The molecule has 1 saturated heterocycles. The lowest BCUT2D eigenvalue weighted by atomic mass is 9.98. The second-order valence-corrected chi connectivity index (χ2v) is 5.30. The summed E-state index contributed by atoms with van der Waals surface area (Å²) in [6.07, 6.45) is 0.617. The third-order valence-electron chi connectivity index (χ3n) is 3.42. The highest BCUT2D eigenvalue weighted by molar-refractivity contribution is 9.10. The minimum absolute atomic E-state index is 0.0729. The predicted octanol–water partition coefficient (Wildman–Crippen LogP) is 2.06. The van der Waals surface area contributed by atoms with E-state index in [1.54, 1.807) is 0 Å². The fourth-order valence-electron chi connectivity index (χ4n) is 2.51. The molecule has 18 heavy (non-hydrogen) atoms. The number of aromatic amines is 1. The number of aromatic nitrogens is 2. The summed E-state index contributed by atoms with van der Waals surface area (Å²) >= 11 is 3.45. The summed E-state index contributed by atoms with van der Waals surface area (Å²) in [4.78, 5) is 11.0. The quantitative estimate of drug-likeness (QED) is 0.793. The van der Waals surface area contributed by atoms with Crippen molar-refractivity contribution in [2.24, 2.45) is 5.92 Å². The molecule has 0 saturated carbocycles. The van der Waals surface area contributed by atoms with Crippen LogP contribution in [0, 0.1) is 5.92 Å². The number of nitrogens with one attached hydrogen (secondary N) is 2. The zero-order valence-corrected chi connectivity index (χ0v) is 11.1. The molecule has 1 aliphatic rings. The number of fused-ring (bicyclic) bond motifs is 1. The summed E-state index contributed by atoms with van der Waals surface area (Å²) in [5.41, 5.74) is 1.98. The van der Waals surface area contributed by atoms with E-state index in [0.717, 1.165) is 21.1 Å². The monoisotopic (exact) mass is 309 g/mol. The van der Waals surface area contributed by atoms with Crippen LogP contribution in [0.4, 0.5) is 0 Å². The van der Waals surface area contributed by atoms with Gasteiger partial charge in [-0.05, 0) is 34.0 Å². The van der Waals surface area contributed by atoms with Crippen LogP contribution in [-0.4, -0.2) is 27.8 Å². The van der Waals surface area contributed by atoms with Gasteiger partial charge in [-0.25, -0.2) is 0 Å². The number of nitrogens with zero attached hydrogens (tertiary/aromatic N) is 1. The van der Waals surface area contributed by atoms with E-state index in [4.69, 9.17) is 5.11 Å². The number of benzene rings is 1. The number of carboxylic acid groups (broad SMARTS) is 1. The maximum atomic E-state index is 11.0. The van der Waals surface area contributed by atoms with Crippen LogP contribution in [0.2, 0.25) is 0 Å². The van der Waals surface area contributed by atoms with Gasteiger partial charge in [-0.3, -0.25) is 9.89 Å². The van der Waals surface area contributed by atoms with Crippen molar-refractivity contribution in [3.63, 3.8) is 0 Å². The van der Waals surface area contributed by atoms with Crippen LogP contribution in [0.3, 0.4) is 0 Å². The van der Waals surface area contributed by atoms with Crippen LogP contribution in [-0.2, 0) is 4.79 Å². The number of hydrogen-bond donors (Lipinski definition) is 3. The molecule has 3 rings (SSSR count). The number of halogens is 1. The van der Waals surface area contributed by atoms with Crippen molar-refractivity contribution in [3.8, 4) is 0 Å². The summed E-state index contributed by atoms with van der Waals surface area (Å²) in [5.74, 6) is -1.04. The Labute approximate surface area is 112 Å². The third kappa shape index (κ3) is 1.81. The highest BCUT2D eigenvalue weighted by Crippen LogP contribution is 2.34. The maximum absolute atomic E-state index is 11.0. The van der Waals surface area contributed by atoms with Gasteiger partial charge in [0.1, 0.15) is 4.60 Å². The van der Waals surface area contributed by atoms with E-state index >= 15 is 0 Å². The molecular formula is C12H12BrN3O2. The van der Waals surface area contributed by atoms with Crippen molar-refractivity contribution in [1.29, 1.82) is 0 Å². The van der Waals surface area contributed by atoms with Gasteiger partial charge in [0, 0.05) is 18.0 Å². The Balaban J connectivity index is 2.00. The highest BCUT2D eigenvalue weighted by atomic mass is 79.9. The van der Waals surface area contributed by atoms with Crippen LogP contribution in [0.5, 0.6) is 0 Å². The molecule has 0 spiro atoms. The Kier molecular flexibility index (Phi) is 2.83. The summed E-state index contributed by atoms with van der Waals surface area (Å²) in [6, 6.07) is 5.97. The van der Waals surface area contributed by atoms with Crippen molar-refractivity contribution in [1.82, 2.24) is 15.5 Å². The average Bonchev–Trinajstić information content (AvgIpc) is 2.96. The zero-order chi connectivity index (χ0) is 12.7. The smallest absolute Gasteiger partial charge is 0.307 e. The fraction of sp³-hybridized carbons (Fsp3) is 0.333. The van der Waals surface area contributed by atoms with E-state index in [-0.39, 0.29) is 12.0 Å². The minimum atomic E-state index is -0.733. The molecule has 5 nitrogen and oxygen atoms in total. The Bertz CT molecular complexity index is 610. The van der Waals surface area contributed by atoms with Crippen LogP contribution < -0.4 is 5.32 Å². The fourth-order valence-corrected chi connectivity index (χ4v) is 3.03. The van der Waals surface area contributed by atoms with Gasteiger partial charge in [0.25, 0.3) is 0 Å². The topological polar surface area (TPSA) is 78.0 Å². The molecule has 0 amide bonds. The van der Waals surface area contributed by atoms with Crippen LogP contribution in [0.1, 0.15) is 18.0 Å². The molecule has 0 bridgehead atoms. The van der Waals surface area contributed by atoms with Crippen molar-refractivity contribution >= 4 is 32.8 Å². The average molecular weight is 310 g/mol. The molecule has 6 heteroatoms. The SMILES string of the molecule is O=C(O)C1CNC(c2cccc3n[nH]c(Br)c23)C1. The molecule has 1 aromatic heterocycles. The van der Waals surface area contributed by atoms with Gasteiger partial charge >= 0.3 is 5.97 Å². The molecule has 0 radical (unpaired) electrons.